The number of methoxy groups -OCH3 is 1. The van der Waals surface area contributed by atoms with Crippen LogP contribution in [0.4, 0.5) is 17.2 Å². The van der Waals surface area contributed by atoms with Crippen molar-refractivity contribution in [1.82, 2.24) is 10.2 Å². The minimum atomic E-state index is 0.147. The SMILES string of the molecule is COc1ccc(Nc2ccc(/N=C/c3cc(Br)cc(Br)c3O)cc2)nn1. The zero-order chi connectivity index (χ0) is 18.5. The average Bonchev–Trinajstić information content (AvgIpc) is 2.65. The van der Waals surface area contributed by atoms with Gasteiger partial charge in [-0.1, -0.05) is 15.9 Å². The number of nitrogens with zero attached hydrogens (tertiary/aromatic N) is 3. The second-order valence-electron chi connectivity index (χ2n) is 5.22. The Hall–Kier alpha value is -2.45. The van der Waals surface area contributed by atoms with Gasteiger partial charge in [-0.2, -0.15) is 0 Å². The van der Waals surface area contributed by atoms with Gasteiger partial charge in [0.2, 0.25) is 5.88 Å². The summed E-state index contributed by atoms with van der Waals surface area (Å²) in [5.41, 5.74) is 2.23. The summed E-state index contributed by atoms with van der Waals surface area (Å²) in [5.74, 6) is 1.22. The van der Waals surface area contributed by atoms with Crippen LogP contribution in [0.1, 0.15) is 5.56 Å². The second-order valence-corrected chi connectivity index (χ2v) is 6.99. The van der Waals surface area contributed by atoms with E-state index in [0.29, 0.717) is 21.7 Å². The zero-order valence-electron chi connectivity index (χ0n) is 13.6. The van der Waals surface area contributed by atoms with E-state index in [-0.39, 0.29) is 5.75 Å². The zero-order valence-corrected chi connectivity index (χ0v) is 16.8. The summed E-state index contributed by atoms with van der Waals surface area (Å²) >= 11 is 6.70. The van der Waals surface area contributed by atoms with E-state index in [2.05, 4.69) is 52.4 Å². The van der Waals surface area contributed by atoms with Crippen LogP contribution >= 0.6 is 31.9 Å². The van der Waals surface area contributed by atoms with E-state index >= 15 is 0 Å². The second kappa shape index (κ2) is 8.29. The Morgan fingerprint density at radius 2 is 1.85 bits per heavy atom. The molecule has 3 rings (SSSR count). The van der Waals surface area contributed by atoms with Crippen LogP contribution in [-0.2, 0) is 0 Å². The summed E-state index contributed by atoms with van der Waals surface area (Å²) in [6.45, 7) is 0. The Bertz CT molecular complexity index is 929. The summed E-state index contributed by atoms with van der Waals surface area (Å²) in [4.78, 5) is 4.39. The third-order valence-electron chi connectivity index (χ3n) is 3.40. The van der Waals surface area contributed by atoms with Crippen LogP contribution in [0.5, 0.6) is 11.6 Å². The van der Waals surface area contributed by atoms with Crippen molar-refractivity contribution in [2.45, 2.75) is 0 Å². The summed E-state index contributed by atoms with van der Waals surface area (Å²) in [6.07, 6.45) is 1.61. The molecule has 0 saturated carbocycles. The van der Waals surface area contributed by atoms with E-state index in [4.69, 9.17) is 4.74 Å². The summed E-state index contributed by atoms with van der Waals surface area (Å²) in [6, 6.07) is 14.6. The smallest absolute Gasteiger partial charge is 0.233 e. The average molecular weight is 478 g/mol. The third kappa shape index (κ3) is 4.59. The van der Waals surface area contributed by atoms with E-state index in [1.54, 1.807) is 37.6 Å². The van der Waals surface area contributed by atoms with Crippen molar-refractivity contribution in [2.24, 2.45) is 4.99 Å². The van der Waals surface area contributed by atoms with Crippen LogP contribution < -0.4 is 10.1 Å². The Morgan fingerprint density at radius 3 is 2.50 bits per heavy atom. The molecule has 0 fully saturated rings. The molecule has 0 saturated heterocycles. The van der Waals surface area contributed by atoms with Crippen molar-refractivity contribution in [3.8, 4) is 11.6 Å². The topological polar surface area (TPSA) is 79.6 Å². The van der Waals surface area contributed by atoms with Gasteiger partial charge in [-0.05, 0) is 58.4 Å². The molecule has 26 heavy (non-hydrogen) atoms. The Kier molecular flexibility index (Phi) is 5.85. The fourth-order valence-corrected chi connectivity index (χ4v) is 3.36. The first kappa shape index (κ1) is 18.3. The molecule has 0 aliphatic heterocycles. The van der Waals surface area contributed by atoms with Gasteiger partial charge < -0.3 is 15.2 Å². The van der Waals surface area contributed by atoms with Gasteiger partial charge in [-0.3, -0.25) is 4.99 Å². The fourth-order valence-electron chi connectivity index (χ4n) is 2.10. The van der Waals surface area contributed by atoms with Crippen molar-refractivity contribution in [2.75, 3.05) is 12.4 Å². The highest BCUT2D eigenvalue weighted by atomic mass is 79.9. The highest BCUT2D eigenvalue weighted by Gasteiger charge is 2.05. The van der Waals surface area contributed by atoms with E-state index in [0.717, 1.165) is 15.8 Å². The number of benzene rings is 2. The molecule has 0 radical (unpaired) electrons. The number of hydrogen-bond donors (Lipinski definition) is 2. The fraction of sp³-hybridized carbons (Fsp3) is 0.0556. The first-order valence-corrected chi connectivity index (χ1v) is 9.10. The Labute approximate surface area is 167 Å². The maximum absolute atomic E-state index is 10.1. The number of nitrogens with one attached hydrogen (secondary N) is 1. The molecule has 0 amide bonds. The van der Waals surface area contributed by atoms with Crippen LogP contribution in [-0.4, -0.2) is 28.6 Å². The third-order valence-corrected chi connectivity index (χ3v) is 4.46. The van der Waals surface area contributed by atoms with Crippen molar-refractivity contribution < 1.29 is 9.84 Å². The van der Waals surface area contributed by atoms with Gasteiger partial charge in [0, 0.05) is 28.0 Å². The summed E-state index contributed by atoms with van der Waals surface area (Å²) in [5, 5.41) is 21.1. The molecular weight excluding hydrogens is 464 g/mol. The lowest BCUT2D eigenvalue weighted by atomic mass is 10.2. The highest BCUT2D eigenvalue weighted by molar-refractivity contribution is 9.11. The number of hydrogen-bond acceptors (Lipinski definition) is 6. The van der Waals surface area contributed by atoms with E-state index in [9.17, 15) is 5.11 Å². The molecule has 132 valence electrons. The molecular formula is C18H14Br2N4O2. The predicted octanol–water partition coefficient (Wildman–Crippen LogP) is 5.21. The van der Waals surface area contributed by atoms with Gasteiger partial charge in [0.25, 0.3) is 0 Å². The Morgan fingerprint density at radius 1 is 1.08 bits per heavy atom. The summed E-state index contributed by atoms with van der Waals surface area (Å²) in [7, 11) is 1.54. The van der Waals surface area contributed by atoms with Gasteiger partial charge in [0.05, 0.1) is 17.3 Å². The van der Waals surface area contributed by atoms with Gasteiger partial charge in [0.15, 0.2) is 5.82 Å². The van der Waals surface area contributed by atoms with Crippen molar-refractivity contribution in [3.05, 3.63) is 63.0 Å². The van der Waals surface area contributed by atoms with Crippen molar-refractivity contribution in [1.29, 1.82) is 0 Å². The molecule has 6 nitrogen and oxygen atoms in total. The number of halogens is 2. The van der Waals surface area contributed by atoms with Crippen LogP contribution in [0.3, 0.4) is 0 Å². The van der Waals surface area contributed by atoms with Crippen LogP contribution in [0, 0.1) is 0 Å². The van der Waals surface area contributed by atoms with Crippen molar-refractivity contribution >= 4 is 55.3 Å². The molecule has 1 heterocycles. The van der Waals surface area contributed by atoms with Gasteiger partial charge >= 0.3 is 0 Å². The number of rotatable bonds is 5. The van der Waals surface area contributed by atoms with E-state index in [1.807, 2.05) is 24.3 Å². The first-order valence-electron chi connectivity index (χ1n) is 7.52. The quantitative estimate of drug-likeness (QED) is 0.493. The van der Waals surface area contributed by atoms with E-state index < -0.39 is 0 Å². The maximum atomic E-state index is 10.1. The van der Waals surface area contributed by atoms with Crippen molar-refractivity contribution in [3.63, 3.8) is 0 Å². The van der Waals surface area contributed by atoms with Crippen LogP contribution in [0.15, 0.2) is 62.5 Å². The minimum Gasteiger partial charge on any atom is -0.506 e. The van der Waals surface area contributed by atoms with Crippen LogP contribution in [0.2, 0.25) is 0 Å². The highest BCUT2D eigenvalue weighted by Crippen LogP contribution is 2.31. The number of anilines is 2. The number of aliphatic imine (C=N–C) groups is 1. The molecule has 2 aromatic carbocycles. The molecule has 0 aliphatic rings. The molecule has 0 spiro atoms. The number of aromatic hydroxyl groups is 1. The number of phenols is 1. The first-order chi connectivity index (χ1) is 12.5. The summed E-state index contributed by atoms with van der Waals surface area (Å²) < 4.78 is 6.44. The Balaban J connectivity index is 1.71. The number of ether oxygens (including phenoxy) is 1. The van der Waals surface area contributed by atoms with E-state index in [1.165, 1.54) is 0 Å². The maximum Gasteiger partial charge on any atom is 0.233 e. The molecule has 0 unspecified atom stereocenters. The molecule has 0 atom stereocenters. The predicted molar refractivity (Wildman–Crippen MR) is 109 cm³/mol. The molecule has 0 bridgehead atoms. The van der Waals surface area contributed by atoms with Crippen LogP contribution in [0.25, 0.3) is 0 Å². The monoisotopic (exact) mass is 476 g/mol. The molecule has 1 aromatic heterocycles. The van der Waals surface area contributed by atoms with Gasteiger partial charge in [-0.25, -0.2) is 0 Å². The lowest BCUT2D eigenvalue weighted by Crippen LogP contribution is -1.96. The lowest BCUT2D eigenvalue weighted by Gasteiger charge is -2.06. The number of phenolic OH excluding ortho intramolecular Hbond substituents is 1. The minimum absolute atomic E-state index is 0.147. The van der Waals surface area contributed by atoms with Gasteiger partial charge in [-0.15, -0.1) is 10.2 Å². The number of aromatic nitrogens is 2. The molecule has 3 aromatic rings. The molecule has 0 aliphatic carbocycles. The lowest BCUT2D eigenvalue weighted by molar-refractivity contribution is 0.392. The largest absolute Gasteiger partial charge is 0.506 e. The molecule has 8 heteroatoms. The molecule has 2 N–H and O–H groups in total. The standard InChI is InChI=1S/C18H14Br2N4O2/c1-26-17-7-6-16(23-24-17)22-14-4-2-13(3-5-14)21-10-11-8-12(19)9-15(20)18(11)25/h2-10,25H,1H3,(H,22,23)/b21-10+. The van der Waals surface area contributed by atoms with Gasteiger partial charge in [0.1, 0.15) is 5.75 Å². The normalized spacial score (nSPS) is 10.9.